The van der Waals surface area contributed by atoms with Crippen LogP contribution in [0.3, 0.4) is 0 Å². The second-order valence-electron chi connectivity index (χ2n) is 1.70. The van der Waals surface area contributed by atoms with Gasteiger partial charge in [0.05, 0.1) is 13.0 Å². The summed E-state index contributed by atoms with van der Waals surface area (Å²) in [5.41, 5.74) is 0. The maximum atomic E-state index is 10.7. The van der Waals surface area contributed by atoms with Gasteiger partial charge in [-0.05, 0) is 6.92 Å². The van der Waals surface area contributed by atoms with E-state index in [1.54, 1.807) is 6.92 Å². The Morgan fingerprint density at radius 3 is 2.36 bits per heavy atom. The maximum Gasteiger partial charge on any atom is 0.307 e. The molecule has 0 N–H and O–H groups in total. The van der Waals surface area contributed by atoms with Crippen LogP contribution in [0.15, 0.2) is 0 Å². The summed E-state index contributed by atoms with van der Waals surface area (Å²) >= 11 is 0. The minimum absolute atomic E-state index is 0.0655. The highest BCUT2D eigenvalue weighted by Crippen LogP contribution is 2.22. The Morgan fingerprint density at radius 1 is 1.45 bits per heavy atom. The molecule has 4 nitrogen and oxygen atoms in total. The molecule has 0 aromatic heterocycles. The minimum atomic E-state index is -0.658. The minimum Gasteiger partial charge on any atom is -0.466 e. The Labute approximate surface area is 67.7 Å². The smallest absolute Gasteiger partial charge is 0.307 e. The van der Waals surface area contributed by atoms with Gasteiger partial charge in [0.2, 0.25) is 0 Å². The molecular weight excluding hydrogens is 186 g/mol. The second-order valence-corrected chi connectivity index (χ2v) is 3.78. The summed E-state index contributed by atoms with van der Waals surface area (Å²) in [5.74, 6) is -0.468. The molecule has 0 bridgehead atoms. The van der Waals surface area contributed by atoms with Crippen LogP contribution < -0.4 is 0 Å². The Kier molecular flexibility index (Phi) is 6.19. The Hall–Kier alpha value is -0.330. The fraction of sp³-hybridized carbons (Fsp3) is 0.800. The third-order valence-corrected chi connectivity index (χ3v) is 2.32. The van der Waals surface area contributed by atoms with E-state index in [1.807, 2.05) is 0 Å². The van der Waals surface area contributed by atoms with Crippen LogP contribution in [0.25, 0.3) is 0 Å². The number of esters is 1. The summed E-state index contributed by atoms with van der Waals surface area (Å²) in [7, 11) is -0.581. The van der Waals surface area contributed by atoms with E-state index < -0.39 is 11.4 Å². The van der Waals surface area contributed by atoms with Crippen molar-refractivity contribution in [1.82, 2.24) is 0 Å². The van der Waals surface area contributed by atoms with Crippen LogP contribution in [-0.4, -0.2) is 18.0 Å². The molecule has 0 aliphatic heterocycles. The largest absolute Gasteiger partial charge is 0.466 e. The Balaban J connectivity index is 3.71. The van der Waals surface area contributed by atoms with Crippen molar-refractivity contribution in [3.05, 3.63) is 0 Å². The monoisotopic (exact) mass is 194 g/mol. The van der Waals surface area contributed by atoms with Crippen LogP contribution in [0, 0.1) is 0 Å². The van der Waals surface area contributed by atoms with Crippen LogP contribution >= 0.6 is 16.9 Å². The average Bonchev–Trinajstić information content (AvgIpc) is 2.01. The highest BCUT2D eigenvalue weighted by molar-refractivity contribution is 7.44. The average molecular weight is 194 g/mol. The van der Waals surface area contributed by atoms with Crippen LogP contribution in [0.2, 0.25) is 0 Å². The van der Waals surface area contributed by atoms with Crippen molar-refractivity contribution in [2.24, 2.45) is 0 Å². The molecule has 0 radical (unpaired) electrons. The number of hydrogen-bond acceptors (Lipinski definition) is 4. The predicted molar refractivity (Wildman–Crippen MR) is 40.3 cm³/mol. The molecule has 0 aromatic rings. The normalized spacial score (nSPS) is 13.2. The van der Waals surface area contributed by atoms with Crippen molar-refractivity contribution >= 4 is 22.9 Å². The number of carbonyl (C=O) groups excluding carboxylic acids is 1. The van der Waals surface area contributed by atoms with Gasteiger partial charge in [-0.15, -0.1) is 0 Å². The van der Waals surface area contributed by atoms with E-state index >= 15 is 0 Å². The third kappa shape index (κ3) is 5.00. The van der Waals surface area contributed by atoms with Crippen molar-refractivity contribution in [3.63, 3.8) is 0 Å². The van der Waals surface area contributed by atoms with Gasteiger partial charge in [0, 0.05) is 0 Å². The fourth-order valence-corrected chi connectivity index (χ4v) is 1.06. The van der Waals surface area contributed by atoms with E-state index in [2.05, 4.69) is 4.74 Å². The first kappa shape index (κ1) is 10.7. The molecular formula is C5H8O4P2. The first-order chi connectivity index (χ1) is 5.24. The summed E-state index contributed by atoms with van der Waals surface area (Å²) in [6.07, 6.45) is -0.0655. The number of rotatable bonds is 5. The van der Waals surface area contributed by atoms with E-state index in [1.165, 1.54) is 0 Å². The van der Waals surface area contributed by atoms with Crippen LogP contribution in [0.1, 0.15) is 13.3 Å². The molecule has 0 aromatic carbocycles. The third-order valence-electron chi connectivity index (χ3n) is 0.898. The molecule has 62 valence electrons. The van der Waals surface area contributed by atoms with Crippen molar-refractivity contribution in [2.45, 2.75) is 18.7 Å². The highest BCUT2D eigenvalue weighted by Gasteiger charge is 2.14. The molecule has 11 heavy (non-hydrogen) atoms. The zero-order chi connectivity index (χ0) is 8.69. The predicted octanol–water partition coefficient (Wildman–Crippen LogP) is 1.85. The van der Waals surface area contributed by atoms with Gasteiger partial charge >= 0.3 is 5.97 Å². The van der Waals surface area contributed by atoms with E-state index in [0.717, 1.165) is 0 Å². The zero-order valence-corrected chi connectivity index (χ0v) is 7.81. The van der Waals surface area contributed by atoms with Gasteiger partial charge in [0.1, 0.15) is 5.40 Å². The van der Waals surface area contributed by atoms with Crippen LogP contribution in [0.5, 0.6) is 0 Å². The highest BCUT2D eigenvalue weighted by atomic mass is 31.1. The standard InChI is InChI=1S/C5H8O4P2/c1-2-9-4(6)3-5(10-7)11-8/h5H,2-3H2,1H3. The molecule has 0 aliphatic carbocycles. The van der Waals surface area contributed by atoms with E-state index in [0.29, 0.717) is 0 Å². The van der Waals surface area contributed by atoms with Gasteiger partial charge in [0.15, 0.2) is 16.9 Å². The molecule has 0 spiro atoms. The van der Waals surface area contributed by atoms with E-state index in [-0.39, 0.29) is 29.9 Å². The van der Waals surface area contributed by atoms with Crippen molar-refractivity contribution < 1.29 is 18.7 Å². The second kappa shape index (κ2) is 6.38. The lowest BCUT2D eigenvalue weighted by atomic mass is 10.5. The van der Waals surface area contributed by atoms with Gasteiger partial charge in [-0.3, -0.25) is 13.9 Å². The summed E-state index contributed by atoms with van der Waals surface area (Å²) in [4.78, 5) is 10.7. The van der Waals surface area contributed by atoms with Gasteiger partial charge in [-0.25, -0.2) is 0 Å². The summed E-state index contributed by atoms with van der Waals surface area (Å²) in [5, 5.41) is -0.658. The van der Waals surface area contributed by atoms with Gasteiger partial charge in [-0.2, -0.15) is 0 Å². The van der Waals surface area contributed by atoms with E-state index in [4.69, 9.17) is 0 Å². The summed E-state index contributed by atoms with van der Waals surface area (Å²) in [6.45, 7) is 1.97. The Morgan fingerprint density at radius 2 is 2.00 bits per heavy atom. The molecule has 6 heteroatoms. The molecule has 0 heterocycles. The molecule has 0 saturated heterocycles. The molecule has 0 unspecified atom stereocenters. The lowest BCUT2D eigenvalue weighted by molar-refractivity contribution is -0.142. The van der Waals surface area contributed by atoms with Gasteiger partial charge in [0.25, 0.3) is 0 Å². The van der Waals surface area contributed by atoms with Crippen molar-refractivity contribution in [3.8, 4) is 0 Å². The number of ether oxygens (including phenoxy) is 1. The number of carbonyl (C=O) groups is 1. The molecule has 0 aliphatic rings. The Bertz CT molecular complexity index is 151. The van der Waals surface area contributed by atoms with Gasteiger partial charge < -0.3 is 4.74 Å². The first-order valence-electron chi connectivity index (χ1n) is 3.05. The molecule has 0 atom stereocenters. The molecule has 0 fully saturated rings. The van der Waals surface area contributed by atoms with Crippen molar-refractivity contribution in [2.75, 3.05) is 6.61 Å². The van der Waals surface area contributed by atoms with E-state index in [9.17, 15) is 13.9 Å². The van der Waals surface area contributed by atoms with Crippen LogP contribution in [-0.2, 0) is 18.7 Å². The quantitative estimate of drug-likeness (QED) is 0.494. The topological polar surface area (TPSA) is 60.4 Å². The lowest BCUT2D eigenvalue weighted by Crippen LogP contribution is -2.07. The fourth-order valence-electron chi connectivity index (χ4n) is 0.463. The van der Waals surface area contributed by atoms with Crippen molar-refractivity contribution in [1.29, 1.82) is 0 Å². The number of hydrogen-bond donors (Lipinski definition) is 0. The lowest BCUT2D eigenvalue weighted by Gasteiger charge is -1.99. The molecule has 0 saturated carbocycles. The SMILES string of the molecule is CCOC(=O)CC(P=O)P=O. The molecule has 0 rings (SSSR count). The van der Waals surface area contributed by atoms with Gasteiger partial charge in [-0.1, -0.05) is 0 Å². The zero-order valence-electron chi connectivity index (χ0n) is 6.02. The first-order valence-corrected chi connectivity index (χ1v) is 4.81. The molecule has 0 amide bonds. The van der Waals surface area contributed by atoms with Crippen LogP contribution in [0.4, 0.5) is 0 Å². The summed E-state index contributed by atoms with van der Waals surface area (Å²) in [6, 6.07) is 0. The summed E-state index contributed by atoms with van der Waals surface area (Å²) < 4.78 is 24.9. The maximum absolute atomic E-state index is 10.7.